The minimum atomic E-state index is -0.149. The molecule has 0 amide bonds. The molecule has 1 N–H and O–H groups in total. The molecular weight excluding hydrogens is 252 g/mol. The quantitative estimate of drug-likeness (QED) is 0.921. The molecule has 1 saturated heterocycles. The number of nitrogens with zero attached hydrogens (tertiary/aromatic N) is 2. The summed E-state index contributed by atoms with van der Waals surface area (Å²) in [7, 11) is 1.69. The van der Waals surface area contributed by atoms with Gasteiger partial charge in [0.05, 0.1) is 13.2 Å². The molecule has 3 rings (SSSR count). The van der Waals surface area contributed by atoms with E-state index in [0.717, 1.165) is 31.1 Å². The van der Waals surface area contributed by atoms with Crippen molar-refractivity contribution >= 4 is 5.82 Å². The lowest BCUT2D eigenvalue weighted by Gasteiger charge is -2.40. The summed E-state index contributed by atoms with van der Waals surface area (Å²) in [6, 6.07) is 3.85. The van der Waals surface area contributed by atoms with Crippen molar-refractivity contribution in [2.24, 2.45) is 11.8 Å². The van der Waals surface area contributed by atoms with Gasteiger partial charge in [0.15, 0.2) is 11.6 Å². The number of hydrogen-bond acceptors (Lipinski definition) is 4. The fourth-order valence-electron chi connectivity index (χ4n) is 3.79. The van der Waals surface area contributed by atoms with Gasteiger partial charge in [-0.1, -0.05) is 25.7 Å². The van der Waals surface area contributed by atoms with Gasteiger partial charge in [-0.3, -0.25) is 0 Å². The topological polar surface area (TPSA) is 45.6 Å². The molecule has 1 saturated carbocycles. The molecule has 2 aliphatic rings. The average Bonchev–Trinajstić information content (AvgIpc) is 3.02. The lowest BCUT2D eigenvalue weighted by molar-refractivity contribution is 0.0560. The van der Waals surface area contributed by atoms with Crippen LogP contribution in [0, 0.1) is 11.8 Å². The molecule has 4 nitrogen and oxygen atoms in total. The molecule has 0 aromatic carbocycles. The van der Waals surface area contributed by atoms with Gasteiger partial charge >= 0.3 is 0 Å². The third-order valence-electron chi connectivity index (χ3n) is 4.90. The number of rotatable bonds is 3. The number of pyridine rings is 1. The second-order valence-electron chi connectivity index (χ2n) is 6.04. The maximum Gasteiger partial charge on any atom is 0.171 e. The van der Waals surface area contributed by atoms with Gasteiger partial charge in [0.2, 0.25) is 0 Å². The van der Waals surface area contributed by atoms with E-state index in [1.165, 1.54) is 25.7 Å². The van der Waals surface area contributed by atoms with Crippen LogP contribution in [-0.2, 0) is 0 Å². The van der Waals surface area contributed by atoms with Crippen LogP contribution < -0.4 is 9.64 Å². The molecule has 1 aromatic heterocycles. The third-order valence-corrected chi connectivity index (χ3v) is 4.90. The second-order valence-corrected chi connectivity index (χ2v) is 6.04. The number of aromatic nitrogens is 1. The fourth-order valence-corrected chi connectivity index (χ4v) is 3.79. The summed E-state index contributed by atoms with van der Waals surface area (Å²) in [4.78, 5) is 6.76. The van der Waals surface area contributed by atoms with Crippen molar-refractivity contribution in [3.63, 3.8) is 0 Å². The monoisotopic (exact) mass is 276 g/mol. The van der Waals surface area contributed by atoms with Crippen LogP contribution in [0.5, 0.6) is 5.75 Å². The largest absolute Gasteiger partial charge is 0.493 e. The van der Waals surface area contributed by atoms with Crippen LogP contribution in [0.25, 0.3) is 0 Å². The third kappa shape index (κ3) is 2.62. The van der Waals surface area contributed by atoms with Crippen LogP contribution in [0.3, 0.4) is 0 Å². The molecule has 2 atom stereocenters. The summed E-state index contributed by atoms with van der Waals surface area (Å²) in [5, 5.41) is 10.3. The smallest absolute Gasteiger partial charge is 0.171 e. The summed E-state index contributed by atoms with van der Waals surface area (Å²) in [5.74, 6) is 2.82. The predicted molar refractivity (Wildman–Crippen MR) is 79.1 cm³/mol. The molecule has 2 fully saturated rings. The molecule has 0 unspecified atom stereocenters. The van der Waals surface area contributed by atoms with Crippen molar-refractivity contribution in [3.8, 4) is 5.75 Å². The summed E-state index contributed by atoms with van der Waals surface area (Å²) >= 11 is 0. The number of ether oxygens (including phenoxy) is 1. The molecule has 4 heteroatoms. The van der Waals surface area contributed by atoms with E-state index in [0.29, 0.717) is 11.8 Å². The van der Waals surface area contributed by atoms with E-state index in [-0.39, 0.29) is 6.10 Å². The predicted octanol–water partition coefficient (Wildman–Crippen LogP) is 2.47. The van der Waals surface area contributed by atoms with Crippen molar-refractivity contribution < 1.29 is 9.84 Å². The highest BCUT2D eigenvalue weighted by atomic mass is 16.5. The van der Waals surface area contributed by atoms with Crippen LogP contribution in [-0.4, -0.2) is 36.4 Å². The van der Waals surface area contributed by atoms with Gasteiger partial charge in [-0.2, -0.15) is 0 Å². The van der Waals surface area contributed by atoms with E-state index in [1.807, 2.05) is 18.3 Å². The van der Waals surface area contributed by atoms with Gasteiger partial charge in [-0.15, -0.1) is 0 Å². The Morgan fingerprint density at radius 1 is 1.30 bits per heavy atom. The Kier molecular flexibility index (Phi) is 4.10. The molecule has 0 radical (unpaired) electrons. The number of anilines is 1. The molecule has 0 spiro atoms. The molecular formula is C16H24N2O2. The van der Waals surface area contributed by atoms with E-state index >= 15 is 0 Å². The minimum absolute atomic E-state index is 0.149. The summed E-state index contributed by atoms with van der Waals surface area (Å²) < 4.78 is 5.42. The van der Waals surface area contributed by atoms with Gasteiger partial charge in [0.25, 0.3) is 0 Å². The Morgan fingerprint density at radius 3 is 2.85 bits per heavy atom. The van der Waals surface area contributed by atoms with Gasteiger partial charge in [-0.05, 0) is 24.5 Å². The SMILES string of the molecule is COc1cccnc1N1CC[C@H](O)[C@@H](C2CCCC2)C1. The van der Waals surface area contributed by atoms with E-state index in [2.05, 4.69) is 9.88 Å². The molecule has 2 heterocycles. The highest BCUT2D eigenvalue weighted by molar-refractivity contribution is 5.52. The Morgan fingerprint density at radius 2 is 2.10 bits per heavy atom. The fraction of sp³-hybridized carbons (Fsp3) is 0.688. The zero-order valence-corrected chi connectivity index (χ0v) is 12.2. The number of aliphatic hydroxyl groups is 1. The van der Waals surface area contributed by atoms with E-state index < -0.39 is 0 Å². The first kappa shape index (κ1) is 13.7. The van der Waals surface area contributed by atoms with E-state index in [1.54, 1.807) is 7.11 Å². The molecule has 1 aliphatic heterocycles. The van der Waals surface area contributed by atoms with Crippen LogP contribution in [0.4, 0.5) is 5.82 Å². The van der Waals surface area contributed by atoms with Crippen LogP contribution in [0.15, 0.2) is 18.3 Å². The maximum atomic E-state index is 10.3. The number of methoxy groups -OCH3 is 1. The Labute approximate surface area is 120 Å². The van der Waals surface area contributed by atoms with Crippen molar-refractivity contribution in [3.05, 3.63) is 18.3 Å². The van der Waals surface area contributed by atoms with Gasteiger partial charge in [-0.25, -0.2) is 4.98 Å². The number of aliphatic hydroxyl groups excluding tert-OH is 1. The zero-order valence-electron chi connectivity index (χ0n) is 12.2. The lowest BCUT2D eigenvalue weighted by atomic mass is 9.82. The number of hydrogen-bond donors (Lipinski definition) is 1. The normalized spacial score (nSPS) is 27.8. The average molecular weight is 276 g/mol. The Bertz CT molecular complexity index is 446. The maximum absolute atomic E-state index is 10.3. The Balaban J connectivity index is 1.77. The van der Waals surface area contributed by atoms with Crippen molar-refractivity contribution in [1.82, 2.24) is 4.98 Å². The molecule has 0 bridgehead atoms. The first-order valence-corrected chi connectivity index (χ1v) is 7.71. The summed E-state index contributed by atoms with van der Waals surface area (Å²) in [6.07, 6.45) is 7.68. The van der Waals surface area contributed by atoms with E-state index in [4.69, 9.17) is 4.74 Å². The van der Waals surface area contributed by atoms with Crippen molar-refractivity contribution in [2.75, 3.05) is 25.1 Å². The van der Waals surface area contributed by atoms with Gasteiger partial charge in [0, 0.05) is 25.2 Å². The Hall–Kier alpha value is -1.29. The highest BCUT2D eigenvalue weighted by Crippen LogP contribution is 2.38. The first-order chi connectivity index (χ1) is 9.79. The van der Waals surface area contributed by atoms with Crippen LogP contribution in [0.2, 0.25) is 0 Å². The summed E-state index contributed by atoms with van der Waals surface area (Å²) in [6.45, 7) is 1.76. The van der Waals surface area contributed by atoms with Crippen LogP contribution in [0.1, 0.15) is 32.1 Å². The highest BCUT2D eigenvalue weighted by Gasteiger charge is 2.36. The second kappa shape index (κ2) is 6.00. The molecule has 20 heavy (non-hydrogen) atoms. The number of piperidine rings is 1. The van der Waals surface area contributed by atoms with Gasteiger partial charge in [0.1, 0.15) is 0 Å². The summed E-state index contributed by atoms with van der Waals surface area (Å²) in [5.41, 5.74) is 0. The van der Waals surface area contributed by atoms with Gasteiger partial charge < -0.3 is 14.7 Å². The van der Waals surface area contributed by atoms with Crippen molar-refractivity contribution in [2.45, 2.75) is 38.2 Å². The first-order valence-electron chi connectivity index (χ1n) is 7.71. The van der Waals surface area contributed by atoms with E-state index in [9.17, 15) is 5.11 Å². The zero-order chi connectivity index (χ0) is 13.9. The molecule has 1 aliphatic carbocycles. The lowest BCUT2D eigenvalue weighted by Crippen LogP contribution is -2.46. The molecule has 110 valence electrons. The minimum Gasteiger partial charge on any atom is -0.493 e. The standard InChI is InChI=1S/C16H24N2O2/c1-20-15-7-4-9-17-16(15)18-10-8-14(19)13(11-18)12-5-2-3-6-12/h4,7,9,12-14,19H,2-3,5-6,8,10-11H2,1H3/t13-,14+/m1/s1. The van der Waals surface area contributed by atoms with Crippen molar-refractivity contribution in [1.29, 1.82) is 0 Å². The van der Waals surface area contributed by atoms with Crippen LogP contribution >= 0.6 is 0 Å². The molecule has 1 aromatic rings.